The minimum absolute atomic E-state index is 0.0735. The molecule has 0 aliphatic rings. The maximum Gasteiger partial charge on any atom is 0.333 e. The van der Waals surface area contributed by atoms with Crippen LogP contribution in [0.4, 0.5) is 5.69 Å². The van der Waals surface area contributed by atoms with E-state index in [4.69, 9.17) is 16.3 Å². The Morgan fingerprint density at radius 1 is 1.16 bits per heavy atom. The maximum absolute atomic E-state index is 13.0. The van der Waals surface area contributed by atoms with E-state index in [9.17, 15) is 24.5 Å². The molecule has 10 heteroatoms. The molecule has 0 radical (unpaired) electrons. The van der Waals surface area contributed by atoms with Gasteiger partial charge in [0.15, 0.2) is 5.78 Å². The highest BCUT2D eigenvalue weighted by molar-refractivity contribution is 7.07. The second-order valence-electron chi connectivity index (χ2n) is 6.52. The minimum atomic E-state index is -0.636. The van der Waals surface area contributed by atoms with Crippen LogP contribution in [0.3, 0.4) is 0 Å². The predicted molar refractivity (Wildman–Crippen MR) is 121 cm³/mol. The largest absolute Gasteiger partial charge is 0.463 e. The van der Waals surface area contributed by atoms with Crippen LogP contribution in [0.25, 0.3) is 12.2 Å². The Balaban J connectivity index is 2.06. The van der Waals surface area contributed by atoms with Crippen LogP contribution in [-0.4, -0.2) is 27.8 Å². The third-order valence-corrected chi connectivity index (χ3v) is 5.65. The summed E-state index contributed by atoms with van der Waals surface area (Å²) in [5.41, 5.74) is 0.394. The first-order valence-corrected chi connectivity index (χ1v) is 10.6. The van der Waals surface area contributed by atoms with Crippen molar-refractivity contribution in [1.82, 2.24) is 4.57 Å². The highest BCUT2D eigenvalue weighted by Crippen LogP contribution is 2.12. The molecule has 0 N–H and O–H groups in total. The Kier molecular flexibility index (Phi) is 7.34. The molecule has 8 nitrogen and oxygen atoms in total. The molecule has 32 heavy (non-hydrogen) atoms. The molecular weight excluding hydrogens is 456 g/mol. The van der Waals surface area contributed by atoms with Gasteiger partial charge in [-0.05, 0) is 55.0 Å². The number of nitrogens with zero attached hydrogens (tertiary/aromatic N) is 2. The second-order valence-corrected chi connectivity index (χ2v) is 8.01. The van der Waals surface area contributed by atoms with E-state index in [1.165, 1.54) is 28.8 Å². The lowest BCUT2D eigenvalue weighted by Gasteiger charge is -2.03. The van der Waals surface area contributed by atoms with Crippen LogP contribution in [0.15, 0.2) is 53.3 Å². The number of nitro benzene ring substituents is 1. The molecule has 1 aromatic heterocycles. The minimum Gasteiger partial charge on any atom is -0.463 e. The molecule has 0 saturated heterocycles. The number of carbonyl (C=O) groups excluding carboxylic acids is 2. The monoisotopic (exact) mass is 472 g/mol. The van der Waals surface area contributed by atoms with Gasteiger partial charge in [-0.3, -0.25) is 24.3 Å². The number of ether oxygens (including phenoxy) is 1. The van der Waals surface area contributed by atoms with Crippen LogP contribution in [0.2, 0.25) is 5.02 Å². The van der Waals surface area contributed by atoms with Crippen LogP contribution in [0.1, 0.15) is 22.8 Å². The number of aromatic nitrogens is 1. The van der Waals surface area contributed by atoms with Gasteiger partial charge >= 0.3 is 5.97 Å². The van der Waals surface area contributed by atoms with Gasteiger partial charge in [0.2, 0.25) is 0 Å². The Morgan fingerprint density at radius 3 is 2.41 bits per heavy atom. The number of halogens is 1. The lowest BCUT2D eigenvalue weighted by molar-refractivity contribution is -0.384. The molecule has 0 saturated carbocycles. The molecule has 0 bridgehead atoms. The SMILES string of the molecule is CCOC(=O)/C=c1\s/c(=C\c2ccc([N+](=O)[O-])cc2)c(=O)n1CC(=O)c1ccc(Cl)cc1. The lowest BCUT2D eigenvalue weighted by Crippen LogP contribution is -2.34. The second kappa shape index (κ2) is 10.2. The Hall–Kier alpha value is -3.56. The van der Waals surface area contributed by atoms with Crippen molar-refractivity contribution in [1.29, 1.82) is 0 Å². The first kappa shape index (κ1) is 23.1. The first-order chi connectivity index (χ1) is 15.3. The number of thiazole rings is 1. The third kappa shape index (κ3) is 5.57. The zero-order valence-corrected chi connectivity index (χ0v) is 18.4. The highest BCUT2D eigenvalue weighted by atomic mass is 35.5. The number of ketones is 1. The van der Waals surface area contributed by atoms with Crippen molar-refractivity contribution in [3.05, 3.63) is 94.3 Å². The fourth-order valence-electron chi connectivity index (χ4n) is 2.79. The number of nitro groups is 1. The summed E-state index contributed by atoms with van der Waals surface area (Å²) < 4.78 is 6.65. The summed E-state index contributed by atoms with van der Waals surface area (Å²) in [5, 5.41) is 11.3. The first-order valence-electron chi connectivity index (χ1n) is 9.41. The van der Waals surface area contributed by atoms with Crippen molar-refractivity contribution in [2.45, 2.75) is 13.5 Å². The van der Waals surface area contributed by atoms with Gasteiger partial charge in [0, 0.05) is 22.7 Å². The standard InChI is InChI=1S/C22H17ClN2O6S/c1-2-31-21(27)12-20-24(13-18(26)15-5-7-16(23)8-6-15)22(28)19(32-20)11-14-3-9-17(10-4-14)25(29)30/h3-12H,2,13H2,1H3/b19-11-,20-12-. The van der Waals surface area contributed by atoms with Gasteiger partial charge in [-0.25, -0.2) is 4.79 Å². The summed E-state index contributed by atoms with van der Waals surface area (Å²) in [6.07, 6.45) is 2.71. The molecule has 0 atom stereocenters. The highest BCUT2D eigenvalue weighted by Gasteiger charge is 2.13. The zero-order chi connectivity index (χ0) is 23.3. The topological polar surface area (TPSA) is 109 Å². The van der Waals surface area contributed by atoms with Crippen molar-refractivity contribution in [3.63, 3.8) is 0 Å². The molecule has 3 rings (SSSR count). The molecule has 0 aliphatic carbocycles. The Bertz CT molecular complexity index is 1340. The molecule has 2 aromatic carbocycles. The fourth-order valence-corrected chi connectivity index (χ4v) is 3.95. The quantitative estimate of drug-likeness (QED) is 0.226. The maximum atomic E-state index is 13.0. The van der Waals surface area contributed by atoms with Crippen LogP contribution < -0.4 is 14.8 Å². The van der Waals surface area contributed by atoms with E-state index >= 15 is 0 Å². The lowest BCUT2D eigenvalue weighted by atomic mass is 10.1. The number of hydrogen-bond acceptors (Lipinski definition) is 7. The van der Waals surface area contributed by atoms with E-state index < -0.39 is 16.5 Å². The smallest absolute Gasteiger partial charge is 0.333 e. The fraction of sp³-hybridized carbons (Fsp3) is 0.136. The number of esters is 1. The van der Waals surface area contributed by atoms with Crippen molar-refractivity contribution >= 4 is 52.5 Å². The van der Waals surface area contributed by atoms with Gasteiger partial charge < -0.3 is 4.74 Å². The van der Waals surface area contributed by atoms with Gasteiger partial charge in [0.05, 0.1) is 28.7 Å². The molecular formula is C22H17ClN2O6S. The van der Waals surface area contributed by atoms with E-state index in [1.54, 1.807) is 37.3 Å². The van der Waals surface area contributed by atoms with Gasteiger partial charge in [0.1, 0.15) is 4.66 Å². The molecule has 1 heterocycles. The van der Waals surface area contributed by atoms with Gasteiger partial charge in [-0.1, -0.05) is 11.6 Å². The van der Waals surface area contributed by atoms with Crippen LogP contribution in [-0.2, 0) is 16.1 Å². The van der Waals surface area contributed by atoms with Crippen molar-refractivity contribution in [2.24, 2.45) is 0 Å². The van der Waals surface area contributed by atoms with Crippen molar-refractivity contribution in [3.8, 4) is 0 Å². The Morgan fingerprint density at radius 2 is 1.81 bits per heavy atom. The number of Topliss-reactive ketones (excluding diaryl/α,β-unsaturated/α-hetero) is 1. The zero-order valence-electron chi connectivity index (χ0n) is 16.8. The Labute approximate surface area is 190 Å². The summed E-state index contributed by atoms with van der Waals surface area (Å²) in [5.74, 6) is -0.967. The molecule has 0 spiro atoms. The predicted octanol–water partition coefficient (Wildman–Crippen LogP) is 2.53. The summed E-state index contributed by atoms with van der Waals surface area (Å²) in [6, 6.07) is 11.9. The van der Waals surface area contributed by atoms with E-state index in [-0.39, 0.29) is 33.8 Å². The van der Waals surface area contributed by atoms with Crippen LogP contribution in [0, 0.1) is 10.1 Å². The van der Waals surface area contributed by atoms with Gasteiger partial charge in [0.25, 0.3) is 11.2 Å². The molecule has 0 fully saturated rings. The number of carbonyl (C=O) groups is 2. The molecule has 0 amide bonds. The normalized spacial score (nSPS) is 12.1. The van der Waals surface area contributed by atoms with Crippen molar-refractivity contribution < 1.29 is 19.2 Å². The number of rotatable bonds is 7. The summed E-state index contributed by atoms with van der Waals surface area (Å²) in [7, 11) is 0. The van der Waals surface area contributed by atoms with E-state index in [0.29, 0.717) is 16.1 Å². The number of non-ortho nitro benzene ring substituents is 1. The van der Waals surface area contributed by atoms with Crippen LogP contribution in [0.5, 0.6) is 0 Å². The molecule has 0 aliphatic heterocycles. The molecule has 3 aromatic rings. The summed E-state index contributed by atoms with van der Waals surface area (Å²) in [4.78, 5) is 48.0. The number of benzene rings is 2. The third-order valence-electron chi connectivity index (χ3n) is 4.33. The van der Waals surface area contributed by atoms with Gasteiger partial charge in [-0.15, -0.1) is 11.3 Å². The summed E-state index contributed by atoms with van der Waals surface area (Å²) in [6.45, 7) is 1.54. The summed E-state index contributed by atoms with van der Waals surface area (Å²) >= 11 is 6.88. The van der Waals surface area contributed by atoms with E-state index in [0.717, 1.165) is 17.4 Å². The van der Waals surface area contributed by atoms with E-state index in [1.807, 2.05) is 0 Å². The number of hydrogen-bond donors (Lipinski definition) is 0. The van der Waals surface area contributed by atoms with Gasteiger partial charge in [-0.2, -0.15) is 0 Å². The van der Waals surface area contributed by atoms with Crippen molar-refractivity contribution in [2.75, 3.05) is 6.61 Å². The average molecular weight is 473 g/mol. The van der Waals surface area contributed by atoms with Crippen LogP contribution >= 0.6 is 22.9 Å². The molecule has 164 valence electrons. The average Bonchev–Trinajstić information content (AvgIpc) is 3.03. The molecule has 0 unspecified atom stereocenters. The van der Waals surface area contributed by atoms with E-state index in [2.05, 4.69) is 0 Å².